The highest BCUT2D eigenvalue weighted by Crippen LogP contribution is 2.36. The number of aromatic nitrogens is 2. The molecule has 0 atom stereocenters. The lowest BCUT2D eigenvalue weighted by atomic mass is 10.0. The van der Waals surface area contributed by atoms with E-state index in [2.05, 4.69) is 32.3 Å². The highest BCUT2D eigenvalue weighted by molar-refractivity contribution is 6.35. The fraction of sp³-hybridized carbons (Fsp3) is 0.214. The van der Waals surface area contributed by atoms with E-state index in [1.54, 1.807) is 6.20 Å². The van der Waals surface area contributed by atoms with Gasteiger partial charge in [0.1, 0.15) is 12.4 Å². The first-order valence-electron chi connectivity index (χ1n) is 11.8. The topological polar surface area (TPSA) is 70.2 Å². The molecule has 0 unspecified atom stereocenters. The Balaban J connectivity index is 1.22. The van der Waals surface area contributed by atoms with Crippen molar-refractivity contribution in [2.75, 3.05) is 31.6 Å². The summed E-state index contributed by atoms with van der Waals surface area (Å²) < 4.78 is 5.99. The van der Waals surface area contributed by atoms with Crippen LogP contribution in [0.4, 0.5) is 5.69 Å². The van der Waals surface area contributed by atoms with Crippen LogP contribution in [0, 0.1) is 0 Å². The van der Waals surface area contributed by atoms with E-state index in [0.717, 1.165) is 51.3 Å². The Bertz CT molecular complexity index is 1380. The second kappa shape index (κ2) is 8.80. The molecule has 2 aromatic heterocycles. The van der Waals surface area contributed by atoms with Crippen molar-refractivity contribution in [1.29, 1.82) is 0 Å². The molecule has 2 aliphatic heterocycles. The number of aromatic amines is 1. The smallest absolute Gasteiger partial charge is 0.256 e. The quantitative estimate of drug-likeness (QED) is 0.396. The minimum absolute atomic E-state index is 0.0945. The number of pyridine rings is 1. The van der Waals surface area contributed by atoms with Crippen LogP contribution in [-0.4, -0.2) is 47.0 Å². The van der Waals surface area contributed by atoms with Crippen molar-refractivity contribution in [3.63, 3.8) is 0 Å². The lowest BCUT2D eigenvalue weighted by Crippen LogP contribution is -2.25. The molecule has 170 valence electrons. The zero-order valence-electron chi connectivity index (χ0n) is 18.9. The molecule has 6 nitrogen and oxygen atoms in total. The maximum Gasteiger partial charge on any atom is 0.256 e. The number of H-pyrrole nitrogens is 1. The van der Waals surface area contributed by atoms with Crippen molar-refractivity contribution in [2.45, 2.75) is 12.8 Å². The normalized spacial score (nSPS) is 16.8. The first kappa shape index (κ1) is 20.7. The third kappa shape index (κ3) is 4.08. The number of ether oxygens (including phenoxy) is 1. The summed E-state index contributed by atoms with van der Waals surface area (Å²) in [5.74, 6) is 0.778. The van der Waals surface area contributed by atoms with Gasteiger partial charge >= 0.3 is 0 Å². The molecule has 4 heterocycles. The van der Waals surface area contributed by atoms with Crippen molar-refractivity contribution in [1.82, 2.24) is 14.9 Å². The number of carbonyl (C=O) groups excluding carboxylic acids is 1. The number of carbonyl (C=O) groups is 1. The van der Waals surface area contributed by atoms with Gasteiger partial charge in [0.2, 0.25) is 0 Å². The summed E-state index contributed by atoms with van der Waals surface area (Å²) in [4.78, 5) is 22.8. The number of fused-ring (bicyclic) bond motifs is 2. The number of hydrogen-bond donors (Lipinski definition) is 2. The van der Waals surface area contributed by atoms with Gasteiger partial charge < -0.3 is 15.0 Å². The lowest BCUT2D eigenvalue weighted by Gasteiger charge is -2.14. The maximum absolute atomic E-state index is 12.8. The van der Waals surface area contributed by atoms with E-state index in [9.17, 15) is 4.79 Å². The molecular formula is C28H26N4O2. The standard InChI is InChI=1S/C28H26N4O2/c33-28-25(24-7-5-19(16-27(24)31-28)20-4-3-9-29-18-20)17-22-14-21-15-23(6-8-26(21)30-22)34-13-12-32-10-1-2-11-32/h3-9,14-18,30H,1-2,10-13H2,(H,31,33)/b25-17+. The Morgan fingerprint density at radius 2 is 1.94 bits per heavy atom. The second-order valence-electron chi connectivity index (χ2n) is 8.89. The predicted molar refractivity (Wildman–Crippen MR) is 136 cm³/mol. The van der Waals surface area contributed by atoms with Crippen LogP contribution in [0.25, 0.3) is 33.7 Å². The van der Waals surface area contributed by atoms with Crippen LogP contribution in [-0.2, 0) is 4.79 Å². The zero-order chi connectivity index (χ0) is 22.9. The van der Waals surface area contributed by atoms with Crippen LogP contribution in [0.1, 0.15) is 24.1 Å². The number of nitrogens with zero attached hydrogens (tertiary/aromatic N) is 2. The van der Waals surface area contributed by atoms with Gasteiger partial charge in [0.15, 0.2) is 0 Å². The van der Waals surface area contributed by atoms with E-state index in [0.29, 0.717) is 12.2 Å². The van der Waals surface area contributed by atoms with E-state index < -0.39 is 0 Å². The monoisotopic (exact) mass is 450 g/mol. The Labute approximate surface area is 198 Å². The van der Waals surface area contributed by atoms with Gasteiger partial charge in [-0.15, -0.1) is 0 Å². The fourth-order valence-corrected chi connectivity index (χ4v) is 4.81. The van der Waals surface area contributed by atoms with Gasteiger partial charge in [-0.05, 0) is 74.0 Å². The molecule has 1 amide bonds. The Hall–Kier alpha value is -3.90. The highest BCUT2D eigenvalue weighted by atomic mass is 16.5. The van der Waals surface area contributed by atoms with E-state index in [1.165, 1.54) is 25.9 Å². The summed E-state index contributed by atoms with van der Waals surface area (Å²) in [6, 6.07) is 18.1. The van der Waals surface area contributed by atoms with Gasteiger partial charge in [0.25, 0.3) is 5.91 Å². The van der Waals surface area contributed by atoms with Crippen LogP contribution in [0.2, 0.25) is 0 Å². The summed E-state index contributed by atoms with van der Waals surface area (Å²) in [7, 11) is 0. The average molecular weight is 451 g/mol. The molecule has 0 saturated carbocycles. The SMILES string of the molecule is O=C1Nc2cc(-c3cccnc3)ccc2/C1=C\c1cc2cc(OCCN3CCCC3)ccc2[nH]1. The number of rotatable bonds is 6. The zero-order valence-corrected chi connectivity index (χ0v) is 18.9. The number of nitrogens with one attached hydrogen (secondary N) is 2. The molecule has 0 spiro atoms. The minimum Gasteiger partial charge on any atom is -0.492 e. The van der Waals surface area contributed by atoms with Gasteiger partial charge in [-0.3, -0.25) is 14.7 Å². The first-order valence-corrected chi connectivity index (χ1v) is 11.8. The molecule has 6 heteroatoms. The predicted octanol–water partition coefficient (Wildman–Crippen LogP) is 5.20. The molecule has 0 radical (unpaired) electrons. The van der Waals surface area contributed by atoms with Crippen molar-refractivity contribution >= 4 is 34.1 Å². The van der Waals surface area contributed by atoms with Crippen molar-refractivity contribution < 1.29 is 9.53 Å². The van der Waals surface area contributed by atoms with Crippen LogP contribution in [0.3, 0.4) is 0 Å². The number of likely N-dealkylation sites (tertiary alicyclic amines) is 1. The molecule has 2 N–H and O–H groups in total. The average Bonchev–Trinajstić information content (AvgIpc) is 3.59. The second-order valence-corrected chi connectivity index (χ2v) is 8.89. The van der Waals surface area contributed by atoms with Crippen LogP contribution < -0.4 is 10.1 Å². The molecule has 1 fully saturated rings. The fourth-order valence-electron chi connectivity index (χ4n) is 4.81. The third-order valence-electron chi connectivity index (χ3n) is 6.59. The van der Waals surface area contributed by atoms with Gasteiger partial charge in [0.05, 0.1) is 5.57 Å². The summed E-state index contributed by atoms with van der Waals surface area (Å²) in [5, 5.41) is 4.07. The molecule has 2 aromatic carbocycles. The molecule has 1 saturated heterocycles. The van der Waals surface area contributed by atoms with Crippen molar-refractivity contribution in [3.8, 4) is 16.9 Å². The molecule has 4 aromatic rings. The Morgan fingerprint density at radius 1 is 1.03 bits per heavy atom. The molecule has 0 bridgehead atoms. The molecule has 2 aliphatic rings. The van der Waals surface area contributed by atoms with Gasteiger partial charge in [-0.25, -0.2) is 0 Å². The van der Waals surface area contributed by atoms with Gasteiger partial charge in [0, 0.05) is 52.3 Å². The van der Waals surface area contributed by atoms with Crippen LogP contribution >= 0.6 is 0 Å². The summed E-state index contributed by atoms with van der Waals surface area (Å²) in [5.41, 5.74) is 6.33. The van der Waals surface area contributed by atoms with Crippen LogP contribution in [0.15, 0.2) is 67.0 Å². The van der Waals surface area contributed by atoms with Gasteiger partial charge in [-0.1, -0.05) is 18.2 Å². The Kier molecular flexibility index (Phi) is 5.35. The maximum atomic E-state index is 12.8. The summed E-state index contributed by atoms with van der Waals surface area (Å²) in [6.45, 7) is 4.03. The van der Waals surface area contributed by atoms with Crippen molar-refractivity contribution in [2.24, 2.45) is 0 Å². The van der Waals surface area contributed by atoms with Crippen molar-refractivity contribution in [3.05, 3.63) is 78.2 Å². The highest BCUT2D eigenvalue weighted by Gasteiger charge is 2.24. The first-order chi connectivity index (χ1) is 16.7. The molecule has 6 rings (SSSR count). The van der Waals surface area contributed by atoms with E-state index in [4.69, 9.17) is 4.74 Å². The number of benzene rings is 2. The number of anilines is 1. The molecular weight excluding hydrogens is 424 g/mol. The number of amides is 1. The van der Waals surface area contributed by atoms with Gasteiger partial charge in [-0.2, -0.15) is 0 Å². The summed E-state index contributed by atoms with van der Waals surface area (Å²) >= 11 is 0. The largest absolute Gasteiger partial charge is 0.492 e. The minimum atomic E-state index is -0.0945. The number of hydrogen-bond acceptors (Lipinski definition) is 4. The van der Waals surface area contributed by atoms with E-state index in [1.807, 2.05) is 54.7 Å². The Morgan fingerprint density at radius 3 is 2.79 bits per heavy atom. The molecule has 34 heavy (non-hydrogen) atoms. The third-order valence-corrected chi connectivity index (χ3v) is 6.59. The molecule has 0 aliphatic carbocycles. The van der Waals surface area contributed by atoms with E-state index >= 15 is 0 Å². The lowest BCUT2D eigenvalue weighted by molar-refractivity contribution is -0.110. The summed E-state index contributed by atoms with van der Waals surface area (Å²) in [6.07, 6.45) is 8.08. The van der Waals surface area contributed by atoms with Crippen LogP contribution in [0.5, 0.6) is 5.75 Å². The van der Waals surface area contributed by atoms with E-state index in [-0.39, 0.29) is 5.91 Å².